The van der Waals surface area contributed by atoms with Crippen LogP contribution in [0.1, 0.15) is 44.2 Å². The molecule has 0 aromatic heterocycles. The number of rotatable bonds is 5. The minimum atomic E-state index is 0.687. The molecule has 1 aliphatic rings. The van der Waals surface area contributed by atoms with E-state index in [1.807, 2.05) is 0 Å². The van der Waals surface area contributed by atoms with Crippen molar-refractivity contribution >= 4 is 0 Å². The van der Waals surface area contributed by atoms with Gasteiger partial charge in [0.1, 0.15) is 5.75 Å². The lowest BCUT2D eigenvalue weighted by Gasteiger charge is -2.21. The summed E-state index contributed by atoms with van der Waals surface area (Å²) in [5.41, 5.74) is 2.57. The van der Waals surface area contributed by atoms with Gasteiger partial charge in [-0.1, -0.05) is 32.4 Å². The van der Waals surface area contributed by atoms with Crippen LogP contribution in [-0.2, 0) is 6.54 Å². The average Bonchev–Trinajstić information content (AvgIpc) is 2.77. The molecule has 1 aromatic rings. The maximum absolute atomic E-state index is 5.30. The Balaban J connectivity index is 1.91. The second-order valence-corrected chi connectivity index (χ2v) is 5.90. The normalized spacial score (nSPS) is 26.6. The van der Waals surface area contributed by atoms with Crippen molar-refractivity contribution in [2.24, 2.45) is 11.8 Å². The molecule has 2 nitrogen and oxygen atoms in total. The van der Waals surface area contributed by atoms with Crippen molar-refractivity contribution in [2.45, 2.75) is 52.6 Å². The van der Waals surface area contributed by atoms with E-state index in [4.69, 9.17) is 4.74 Å². The van der Waals surface area contributed by atoms with Gasteiger partial charge < -0.3 is 10.1 Å². The zero-order valence-corrected chi connectivity index (χ0v) is 12.7. The number of nitrogens with one attached hydrogen (secondary N) is 1. The van der Waals surface area contributed by atoms with E-state index in [1.54, 1.807) is 7.11 Å². The molecule has 0 radical (unpaired) electrons. The monoisotopic (exact) mass is 261 g/mol. The largest absolute Gasteiger partial charge is 0.496 e. The molecular weight excluding hydrogens is 234 g/mol. The van der Waals surface area contributed by atoms with Crippen LogP contribution < -0.4 is 10.1 Å². The van der Waals surface area contributed by atoms with Crippen LogP contribution in [0.2, 0.25) is 0 Å². The summed E-state index contributed by atoms with van der Waals surface area (Å²) in [6.07, 6.45) is 4.03. The van der Waals surface area contributed by atoms with E-state index in [2.05, 4.69) is 44.3 Å². The van der Waals surface area contributed by atoms with Crippen molar-refractivity contribution < 1.29 is 4.74 Å². The lowest BCUT2D eigenvalue weighted by molar-refractivity contribution is 0.344. The Bertz CT molecular complexity index is 416. The van der Waals surface area contributed by atoms with Crippen molar-refractivity contribution in [3.8, 4) is 5.75 Å². The third-order valence-electron chi connectivity index (χ3n) is 4.78. The molecule has 19 heavy (non-hydrogen) atoms. The highest BCUT2D eigenvalue weighted by atomic mass is 16.5. The second-order valence-electron chi connectivity index (χ2n) is 5.90. The van der Waals surface area contributed by atoms with Crippen molar-refractivity contribution in [3.63, 3.8) is 0 Å². The number of ether oxygens (including phenoxy) is 1. The van der Waals surface area contributed by atoms with E-state index in [1.165, 1.54) is 30.4 Å². The van der Waals surface area contributed by atoms with Crippen LogP contribution >= 0.6 is 0 Å². The van der Waals surface area contributed by atoms with Gasteiger partial charge in [-0.2, -0.15) is 0 Å². The molecule has 0 bridgehead atoms. The summed E-state index contributed by atoms with van der Waals surface area (Å²) in [6.45, 7) is 7.79. The van der Waals surface area contributed by atoms with Crippen LogP contribution in [0.3, 0.4) is 0 Å². The number of benzene rings is 1. The smallest absolute Gasteiger partial charge is 0.121 e. The fraction of sp³-hybridized carbons (Fsp3) is 0.647. The number of aryl methyl sites for hydroxylation is 1. The van der Waals surface area contributed by atoms with Crippen LogP contribution in [0.5, 0.6) is 5.75 Å². The van der Waals surface area contributed by atoms with Gasteiger partial charge in [0.25, 0.3) is 0 Å². The van der Waals surface area contributed by atoms with Crippen LogP contribution in [0, 0.1) is 18.8 Å². The number of methoxy groups -OCH3 is 1. The molecule has 0 amide bonds. The highest BCUT2D eigenvalue weighted by Crippen LogP contribution is 2.34. The molecule has 2 heteroatoms. The first-order valence-electron chi connectivity index (χ1n) is 7.52. The third-order valence-corrected chi connectivity index (χ3v) is 4.78. The maximum Gasteiger partial charge on any atom is 0.121 e. The number of hydrogen-bond acceptors (Lipinski definition) is 2. The van der Waals surface area contributed by atoms with Crippen molar-refractivity contribution in [3.05, 3.63) is 29.3 Å². The SMILES string of the molecule is CCC1CCC(NCc2ccc(OC)c(C)c2)C1C. The van der Waals surface area contributed by atoms with Crippen LogP contribution in [-0.4, -0.2) is 13.2 Å². The molecule has 0 heterocycles. The highest BCUT2D eigenvalue weighted by molar-refractivity contribution is 5.36. The van der Waals surface area contributed by atoms with Gasteiger partial charge in [-0.05, 0) is 48.8 Å². The van der Waals surface area contributed by atoms with E-state index < -0.39 is 0 Å². The minimum Gasteiger partial charge on any atom is -0.496 e. The van der Waals surface area contributed by atoms with E-state index in [0.29, 0.717) is 6.04 Å². The molecule has 1 saturated carbocycles. The van der Waals surface area contributed by atoms with Gasteiger partial charge in [0.2, 0.25) is 0 Å². The molecule has 0 aliphatic heterocycles. The zero-order valence-electron chi connectivity index (χ0n) is 12.7. The van der Waals surface area contributed by atoms with Gasteiger partial charge in [-0.25, -0.2) is 0 Å². The Morgan fingerprint density at radius 3 is 2.68 bits per heavy atom. The maximum atomic E-state index is 5.30. The fourth-order valence-electron chi connectivity index (χ4n) is 3.41. The second kappa shape index (κ2) is 6.42. The van der Waals surface area contributed by atoms with E-state index in [9.17, 15) is 0 Å². The van der Waals surface area contributed by atoms with E-state index in [0.717, 1.165) is 24.1 Å². The standard InChI is InChI=1S/C17H27NO/c1-5-15-7-8-16(13(15)3)18-11-14-6-9-17(19-4)12(2)10-14/h6,9-10,13,15-16,18H,5,7-8,11H2,1-4H3. The molecule has 1 N–H and O–H groups in total. The van der Waals surface area contributed by atoms with Crippen LogP contribution in [0.25, 0.3) is 0 Å². The summed E-state index contributed by atoms with van der Waals surface area (Å²) in [5.74, 6) is 2.70. The predicted octanol–water partition coefficient (Wildman–Crippen LogP) is 3.92. The molecular formula is C17H27NO. The molecule has 2 rings (SSSR count). The van der Waals surface area contributed by atoms with Gasteiger partial charge in [0, 0.05) is 12.6 Å². The van der Waals surface area contributed by atoms with Crippen molar-refractivity contribution in [1.29, 1.82) is 0 Å². The third kappa shape index (κ3) is 3.30. The molecule has 1 aliphatic carbocycles. The van der Waals surface area contributed by atoms with Gasteiger partial charge >= 0.3 is 0 Å². The Morgan fingerprint density at radius 1 is 1.32 bits per heavy atom. The molecule has 1 fully saturated rings. The zero-order chi connectivity index (χ0) is 13.8. The molecule has 0 saturated heterocycles. The Morgan fingerprint density at radius 2 is 2.11 bits per heavy atom. The van der Waals surface area contributed by atoms with Crippen LogP contribution in [0.4, 0.5) is 0 Å². The summed E-state index contributed by atoms with van der Waals surface area (Å²) in [6, 6.07) is 7.14. The van der Waals surface area contributed by atoms with Crippen molar-refractivity contribution in [1.82, 2.24) is 5.32 Å². The fourth-order valence-corrected chi connectivity index (χ4v) is 3.41. The summed E-state index contributed by atoms with van der Waals surface area (Å²) in [5, 5.41) is 3.74. The Labute approximate surface area is 117 Å². The topological polar surface area (TPSA) is 21.3 Å². The van der Waals surface area contributed by atoms with Crippen LogP contribution in [0.15, 0.2) is 18.2 Å². The summed E-state index contributed by atoms with van der Waals surface area (Å²) >= 11 is 0. The molecule has 3 atom stereocenters. The minimum absolute atomic E-state index is 0.687. The average molecular weight is 261 g/mol. The first kappa shape index (κ1) is 14.4. The quantitative estimate of drug-likeness (QED) is 0.867. The Hall–Kier alpha value is -1.02. The highest BCUT2D eigenvalue weighted by Gasteiger charge is 2.30. The predicted molar refractivity (Wildman–Crippen MR) is 80.5 cm³/mol. The van der Waals surface area contributed by atoms with E-state index >= 15 is 0 Å². The lowest BCUT2D eigenvalue weighted by Crippen LogP contribution is -2.32. The molecule has 3 unspecified atom stereocenters. The molecule has 106 valence electrons. The van der Waals surface area contributed by atoms with Gasteiger partial charge in [0.15, 0.2) is 0 Å². The Kier molecular flexibility index (Phi) is 4.87. The first-order valence-corrected chi connectivity index (χ1v) is 7.52. The summed E-state index contributed by atoms with van der Waals surface area (Å²) in [4.78, 5) is 0. The molecule has 1 aromatic carbocycles. The van der Waals surface area contributed by atoms with Gasteiger partial charge in [0.05, 0.1) is 7.11 Å². The first-order chi connectivity index (χ1) is 9.15. The summed E-state index contributed by atoms with van der Waals surface area (Å²) in [7, 11) is 1.73. The van der Waals surface area contributed by atoms with Gasteiger partial charge in [-0.3, -0.25) is 0 Å². The molecule has 0 spiro atoms. The van der Waals surface area contributed by atoms with E-state index in [-0.39, 0.29) is 0 Å². The lowest BCUT2D eigenvalue weighted by atomic mass is 9.93. The van der Waals surface area contributed by atoms with Crippen molar-refractivity contribution in [2.75, 3.05) is 7.11 Å². The summed E-state index contributed by atoms with van der Waals surface area (Å²) < 4.78 is 5.30. The van der Waals surface area contributed by atoms with Gasteiger partial charge in [-0.15, -0.1) is 0 Å². The number of hydrogen-bond donors (Lipinski definition) is 1.